The Labute approximate surface area is 119 Å². The third-order valence-electron chi connectivity index (χ3n) is 3.02. The highest BCUT2D eigenvalue weighted by atomic mass is 32.2. The van der Waals surface area contributed by atoms with E-state index in [0.29, 0.717) is 6.54 Å². The van der Waals surface area contributed by atoms with Gasteiger partial charge < -0.3 is 9.72 Å². The summed E-state index contributed by atoms with van der Waals surface area (Å²) in [7, 11) is -3.08. The van der Waals surface area contributed by atoms with Gasteiger partial charge in [0, 0.05) is 19.3 Å². The highest BCUT2D eigenvalue weighted by Gasteiger charge is 2.07. The van der Waals surface area contributed by atoms with E-state index < -0.39 is 10.0 Å². The molecule has 0 amide bonds. The molecule has 0 radical (unpaired) electrons. The van der Waals surface area contributed by atoms with Crippen molar-refractivity contribution in [2.45, 2.75) is 19.9 Å². The minimum Gasteiger partial charge on any atom is -0.311 e. The number of aryl methyl sites for hydroxylation is 1. The second-order valence-corrected chi connectivity index (χ2v) is 6.60. The lowest BCUT2D eigenvalue weighted by atomic mass is 10.3. The molecule has 110 valence electrons. The molecule has 20 heavy (non-hydrogen) atoms. The van der Waals surface area contributed by atoms with E-state index in [1.807, 2.05) is 31.3 Å². The highest BCUT2D eigenvalue weighted by Crippen LogP contribution is 2.11. The Bertz CT molecular complexity index is 679. The van der Waals surface area contributed by atoms with Crippen molar-refractivity contribution >= 4 is 15.7 Å². The largest absolute Gasteiger partial charge is 0.311 e. The average molecular weight is 296 g/mol. The van der Waals surface area contributed by atoms with Gasteiger partial charge in [0.15, 0.2) is 0 Å². The Hall–Kier alpha value is -1.44. The lowest BCUT2D eigenvalue weighted by Gasteiger charge is -2.06. The van der Waals surface area contributed by atoms with Crippen molar-refractivity contribution in [1.29, 1.82) is 0 Å². The molecular formula is C13H20N4O2S. The van der Waals surface area contributed by atoms with Crippen LogP contribution < -0.4 is 10.0 Å². The topological polar surface area (TPSA) is 75.5 Å². The predicted octanol–water partition coefficient (Wildman–Crippen LogP) is 0.672. The minimum absolute atomic E-state index is 0.456. The molecule has 0 bridgehead atoms. The molecule has 2 aromatic rings. The Morgan fingerprint density at radius 3 is 2.85 bits per heavy atom. The van der Waals surface area contributed by atoms with Gasteiger partial charge in [0.05, 0.1) is 17.6 Å². The van der Waals surface area contributed by atoms with Crippen molar-refractivity contribution < 1.29 is 8.42 Å². The van der Waals surface area contributed by atoms with Crippen LogP contribution in [0.1, 0.15) is 17.8 Å². The van der Waals surface area contributed by atoms with Crippen LogP contribution in [0.15, 0.2) is 24.4 Å². The van der Waals surface area contributed by atoms with Crippen LogP contribution in [0.5, 0.6) is 0 Å². The summed E-state index contributed by atoms with van der Waals surface area (Å²) in [4.78, 5) is 4.49. The summed E-state index contributed by atoms with van der Waals surface area (Å²) >= 11 is 0. The van der Waals surface area contributed by atoms with Crippen LogP contribution in [-0.2, 0) is 16.6 Å². The van der Waals surface area contributed by atoms with Crippen molar-refractivity contribution in [3.05, 3.63) is 35.8 Å². The SMILES string of the molecule is Cc1nc2ccccn2c1CNCCCNS(C)(=O)=O. The fourth-order valence-corrected chi connectivity index (χ4v) is 2.57. The third-order valence-corrected chi connectivity index (χ3v) is 3.74. The first-order valence-corrected chi connectivity index (χ1v) is 8.44. The van der Waals surface area contributed by atoms with Gasteiger partial charge in [-0.3, -0.25) is 0 Å². The molecule has 0 aliphatic rings. The van der Waals surface area contributed by atoms with E-state index in [2.05, 4.69) is 19.4 Å². The zero-order valence-corrected chi connectivity index (χ0v) is 12.6. The van der Waals surface area contributed by atoms with E-state index in [1.165, 1.54) is 6.26 Å². The van der Waals surface area contributed by atoms with E-state index in [-0.39, 0.29) is 0 Å². The maximum absolute atomic E-state index is 10.9. The molecular weight excluding hydrogens is 276 g/mol. The van der Waals surface area contributed by atoms with Gasteiger partial charge >= 0.3 is 0 Å². The normalized spacial score (nSPS) is 12.1. The first-order valence-electron chi connectivity index (χ1n) is 6.55. The van der Waals surface area contributed by atoms with Crippen molar-refractivity contribution in [2.75, 3.05) is 19.3 Å². The Balaban J connectivity index is 1.83. The standard InChI is InChI=1S/C13H20N4O2S/c1-11-12(17-9-4-3-6-13(17)16-11)10-14-7-5-8-15-20(2,18)19/h3-4,6,9,14-15H,5,7-8,10H2,1-2H3. The molecule has 0 aliphatic carbocycles. The first-order chi connectivity index (χ1) is 9.47. The summed E-state index contributed by atoms with van der Waals surface area (Å²) in [5.74, 6) is 0. The molecule has 2 rings (SSSR count). The smallest absolute Gasteiger partial charge is 0.208 e. The summed E-state index contributed by atoms with van der Waals surface area (Å²) in [6.45, 7) is 3.92. The van der Waals surface area contributed by atoms with Crippen molar-refractivity contribution in [3.63, 3.8) is 0 Å². The summed E-state index contributed by atoms with van der Waals surface area (Å²) in [6, 6.07) is 5.93. The van der Waals surface area contributed by atoms with Crippen LogP contribution in [0.2, 0.25) is 0 Å². The molecule has 0 atom stereocenters. The zero-order chi connectivity index (χ0) is 14.6. The summed E-state index contributed by atoms with van der Waals surface area (Å²) in [5.41, 5.74) is 3.09. The summed E-state index contributed by atoms with van der Waals surface area (Å²) in [5, 5.41) is 3.31. The average Bonchev–Trinajstić information content (AvgIpc) is 2.68. The third kappa shape index (κ3) is 4.03. The Morgan fingerprint density at radius 1 is 1.30 bits per heavy atom. The summed E-state index contributed by atoms with van der Waals surface area (Å²) in [6.07, 6.45) is 3.92. The molecule has 0 saturated heterocycles. The predicted molar refractivity (Wildman–Crippen MR) is 79.1 cm³/mol. The molecule has 7 heteroatoms. The molecule has 2 N–H and O–H groups in total. The number of pyridine rings is 1. The lowest BCUT2D eigenvalue weighted by molar-refractivity contribution is 0.578. The van der Waals surface area contributed by atoms with Crippen LogP contribution in [0, 0.1) is 6.92 Å². The van der Waals surface area contributed by atoms with Gasteiger partial charge in [-0.25, -0.2) is 18.1 Å². The van der Waals surface area contributed by atoms with E-state index in [9.17, 15) is 8.42 Å². The van der Waals surface area contributed by atoms with E-state index in [4.69, 9.17) is 0 Å². The molecule has 2 heterocycles. The fourth-order valence-electron chi connectivity index (χ4n) is 2.05. The second kappa shape index (κ2) is 6.34. The summed E-state index contributed by atoms with van der Waals surface area (Å²) < 4.78 is 26.3. The van der Waals surface area contributed by atoms with Gasteiger partial charge in [-0.2, -0.15) is 0 Å². The van der Waals surface area contributed by atoms with Crippen LogP contribution >= 0.6 is 0 Å². The van der Waals surface area contributed by atoms with E-state index in [1.54, 1.807) is 0 Å². The van der Waals surface area contributed by atoms with Crippen LogP contribution in [0.4, 0.5) is 0 Å². The van der Waals surface area contributed by atoms with Gasteiger partial charge in [0.25, 0.3) is 0 Å². The molecule has 6 nitrogen and oxygen atoms in total. The molecule has 2 aromatic heterocycles. The zero-order valence-electron chi connectivity index (χ0n) is 11.8. The second-order valence-electron chi connectivity index (χ2n) is 4.77. The number of aromatic nitrogens is 2. The number of hydrogen-bond acceptors (Lipinski definition) is 4. The van der Waals surface area contributed by atoms with Gasteiger partial charge in [-0.15, -0.1) is 0 Å². The minimum atomic E-state index is -3.08. The molecule has 0 saturated carbocycles. The number of nitrogens with zero attached hydrogens (tertiary/aromatic N) is 2. The van der Waals surface area contributed by atoms with Gasteiger partial charge in [0.2, 0.25) is 10.0 Å². The van der Waals surface area contributed by atoms with Crippen molar-refractivity contribution in [2.24, 2.45) is 0 Å². The van der Waals surface area contributed by atoms with Gasteiger partial charge in [-0.1, -0.05) is 6.07 Å². The van der Waals surface area contributed by atoms with Crippen LogP contribution in [0.25, 0.3) is 5.65 Å². The maximum Gasteiger partial charge on any atom is 0.208 e. The number of sulfonamides is 1. The fraction of sp³-hybridized carbons (Fsp3) is 0.462. The lowest BCUT2D eigenvalue weighted by Crippen LogP contribution is -2.26. The van der Waals surface area contributed by atoms with Gasteiger partial charge in [0.1, 0.15) is 5.65 Å². The van der Waals surface area contributed by atoms with E-state index in [0.717, 1.165) is 36.5 Å². The monoisotopic (exact) mass is 296 g/mol. The quantitative estimate of drug-likeness (QED) is 0.737. The number of hydrogen-bond donors (Lipinski definition) is 2. The van der Waals surface area contributed by atoms with Crippen molar-refractivity contribution in [3.8, 4) is 0 Å². The molecule has 0 aromatic carbocycles. The molecule has 0 fully saturated rings. The van der Waals surface area contributed by atoms with Gasteiger partial charge in [-0.05, 0) is 32.0 Å². The number of rotatable bonds is 7. The van der Waals surface area contributed by atoms with Crippen LogP contribution in [0.3, 0.4) is 0 Å². The first kappa shape index (κ1) is 15.0. The molecule has 0 aliphatic heterocycles. The Morgan fingerprint density at radius 2 is 2.10 bits per heavy atom. The number of nitrogens with one attached hydrogen (secondary N) is 2. The molecule has 0 unspecified atom stereocenters. The van der Waals surface area contributed by atoms with E-state index >= 15 is 0 Å². The van der Waals surface area contributed by atoms with Crippen LogP contribution in [-0.4, -0.2) is 37.1 Å². The number of imidazole rings is 1. The number of fused-ring (bicyclic) bond motifs is 1. The maximum atomic E-state index is 10.9. The van der Waals surface area contributed by atoms with Crippen molar-refractivity contribution in [1.82, 2.24) is 19.4 Å². The highest BCUT2D eigenvalue weighted by molar-refractivity contribution is 7.88. The molecule has 0 spiro atoms. The Kier molecular flexibility index (Phi) is 4.74.